The lowest BCUT2D eigenvalue weighted by Crippen LogP contribution is -2.05. The lowest BCUT2D eigenvalue weighted by molar-refractivity contribution is -0.138. The molecule has 0 fully saturated rings. The van der Waals surface area contributed by atoms with Gasteiger partial charge in [0.25, 0.3) is 0 Å². The van der Waals surface area contributed by atoms with Crippen LogP contribution in [0.15, 0.2) is 182 Å². The third-order valence-electron chi connectivity index (χ3n) is 11.5. The molecule has 0 aliphatic carbocycles. The van der Waals surface area contributed by atoms with Crippen molar-refractivity contribution in [1.82, 2.24) is 29.1 Å². The van der Waals surface area contributed by atoms with Gasteiger partial charge in [0.2, 0.25) is 0 Å². The van der Waals surface area contributed by atoms with E-state index in [0.717, 1.165) is 23.3 Å². The lowest BCUT2D eigenvalue weighted by Gasteiger charge is -2.19. The monoisotopic (exact) mass is 852 g/mol. The molecule has 12 heteroatoms. The highest BCUT2D eigenvalue weighted by atomic mass is 19.4. The van der Waals surface area contributed by atoms with Crippen molar-refractivity contribution in [3.8, 4) is 56.7 Å². The van der Waals surface area contributed by atoms with Crippen molar-refractivity contribution in [2.75, 3.05) is 0 Å². The van der Waals surface area contributed by atoms with Gasteiger partial charge >= 0.3 is 12.4 Å². The smallest absolute Gasteiger partial charge is 0.309 e. The van der Waals surface area contributed by atoms with E-state index in [1.807, 2.05) is 112 Å². The molecule has 0 spiro atoms. The van der Waals surface area contributed by atoms with Crippen LogP contribution in [0.2, 0.25) is 0 Å². The van der Waals surface area contributed by atoms with Gasteiger partial charge < -0.3 is 9.13 Å². The van der Waals surface area contributed by atoms with Gasteiger partial charge in [0, 0.05) is 61.8 Å². The maximum atomic E-state index is 14.2. The van der Waals surface area contributed by atoms with Gasteiger partial charge in [0.05, 0.1) is 44.6 Å². The van der Waals surface area contributed by atoms with Crippen LogP contribution in [0.3, 0.4) is 0 Å². The minimum absolute atomic E-state index is 0.361. The zero-order valence-electron chi connectivity index (χ0n) is 33.3. The Morgan fingerprint density at radius 3 is 1.30 bits per heavy atom. The molecule has 0 unspecified atom stereocenters. The predicted octanol–water partition coefficient (Wildman–Crippen LogP) is 14.2. The fraction of sp³-hybridized carbons (Fsp3) is 0.0385. The maximum absolute atomic E-state index is 14.2. The molecule has 11 aromatic rings. The number of pyridine rings is 1. The fourth-order valence-corrected chi connectivity index (χ4v) is 8.63. The van der Waals surface area contributed by atoms with Crippen molar-refractivity contribution >= 4 is 43.6 Å². The summed E-state index contributed by atoms with van der Waals surface area (Å²) in [6.07, 6.45) is -5.82. The Morgan fingerprint density at radius 1 is 0.359 bits per heavy atom. The zero-order chi connectivity index (χ0) is 43.7. The molecule has 0 aliphatic rings. The van der Waals surface area contributed by atoms with E-state index in [-0.39, 0.29) is 0 Å². The van der Waals surface area contributed by atoms with Crippen LogP contribution in [0.4, 0.5) is 26.3 Å². The number of nitrogens with zero attached hydrogens (tertiary/aromatic N) is 6. The third kappa shape index (κ3) is 6.53. The zero-order valence-corrected chi connectivity index (χ0v) is 33.3. The molecule has 0 bridgehead atoms. The summed E-state index contributed by atoms with van der Waals surface area (Å²) in [6.45, 7) is 0. The second-order valence-corrected chi connectivity index (χ2v) is 15.3. The summed E-state index contributed by atoms with van der Waals surface area (Å²) in [7, 11) is 0. The molecule has 11 rings (SSSR count). The molecule has 64 heavy (non-hydrogen) atoms. The summed E-state index contributed by atoms with van der Waals surface area (Å²) in [6, 6.07) is 48.6. The summed E-state index contributed by atoms with van der Waals surface area (Å²) >= 11 is 0. The average molecular weight is 853 g/mol. The molecule has 0 saturated heterocycles. The van der Waals surface area contributed by atoms with Gasteiger partial charge in [-0.25, -0.2) is 15.0 Å². The number of rotatable bonds is 6. The molecular formula is C52H30F6N6. The number of alkyl halides is 6. The van der Waals surface area contributed by atoms with Crippen molar-refractivity contribution in [2.24, 2.45) is 0 Å². The Hall–Kier alpha value is -8.12. The number of hydrogen-bond donors (Lipinski definition) is 0. The normalized spacial score (nSPS) is 12.2. The Bertz CT molecular complexity index is 3540. The SMILES string of the molecule is FC(F)(F)c1ccc2c(c1)c1ccccc1n2-c1ccncc1-c1cc(-c2nc(-c3ccccc3)nc(-c3ccccc3)n2)ccc1-n1c2ccccc2c2cc(C(F)(F)F)ccc21. The average Bonchev–Trinajstić information content (AvgIpc) is 3.83. The first-order valence-electron chi connectivity index (χ1n) is 20.2. The Kier molecular flexibility index (Phi) is 8.95. The second-order valence-electron chi connectivity index (χ2n) is 15.3. The van der Waals surface area contributed by atoms with E-state index < -0.39 is 23.5 Å². The molecular weight excluding hydrogens is 823 g/mol. The quantitative estimate of drug-likeness (QED) is 0.156. The van der Waals surface area contributed by atoms with E-state index in [9.17, 15) is 26.3 Å². The molecule has 0 atom stereocenters. The van der Waals surface area contributed by atoms with Gasteiger partial charge in [-0.15, -0.1) is 0 Å². The van der Waals surface area contributed by atoms with Crippen molar-refractivity contribution < 1.29 is 26.3 Å². The van der Waals surface area contributed by atoms with Gasteiger partial charge in [0.1, 0.15) is 0 Å². The predicted molar refractivity (Wildman–Crippen MR) is 238 cm³/mol. The first-order chi connectivity index (χ1) is 31.0. The standard InChI is InChI=1S/C52H30F6N6/c53-51(54,55)34-20-23-45-39(28-34)36-15-7-9-17-42(36)63(45)44-22-19-33(50-61-48(31-11-3-1-4-12-31)60-49(62-50)32-13-5-2-6-14-32)27-38(44)41-30-59-26-25-47(41)64-43-18-10-8-16-37(43)40-29-35(52(56,57)58)21-24-46(40)64/h1-30H. The molecule has 0 N–H and O–H groups in total. The van der Waals surface area contributed by atoms with E-state index in [1.54, 1.807) is 42.7 Å². The largest absolute Gasteiger partial charge is 0.416 e. The summed E-state index contributed by atoms with van der Waals surface area (Å²) in [5.41, 5.74) is 5.39. The van der Waals surface area contributed by atoms with Crippen LogP contribution < -0.4 is 0 Å². The molecule has 0 aliphatic heterocycles. The van der Waals surface area contributed by atoms with Gasteiger partial charge in [-0.1, -0.05) is 97.1 Å². The third-order valence-corrected chi connectivity index (χ3v) is 11.5. The molecule has 4 heterocycles. The van der Waals surface area contributed by atoms with Crippen molar-refractivity contribution in [1.29, 1.82) is 0 Å². The van der Waals surface area contributed by atoms with Crippen molar-refractivity contribution in [3.05, 3.63) is 193 Å². The highest BCUT2D eigenvalue weighted by molar-refractivity contribution is 6.12. The first-order valence-corrected chi connectivity index (χ1v) is 20.2. The Morgan fingerprint density at radius 2 is 0.797 bits per heavy atom. The molecule has 4 aromatic heterocycles. The van der Waals surface area contributed by atoms with E-state index in [2.05, 4.69) is 4.98 Å². The summed E-state index contributed by atoms with van der Waals surface area (Å²) in [4.78, 5) is 19.5. The van der Waals surface area contributed by atoms with Crippen LogP contribution in [0.1, 0.15) is 11.1 Å². The highest BCUT2D eigenvalue weighted by Crippen LogP contribution is 2.44. The fourth-order valence-electron chi connectivity index (χ4n) is 8.63. The molecule has 310 valence electrons. The summed E-state index contributed by atoms with van der Waals surface area (Å²) in [5.74, 6) is 1.26. The lowest BCUT2D eigenvalue weighted by atomic mass is 9.99. The van der Waals surface area contributed by atoms with Crippen LogP contribution in [-0.2, 0) is 12.4 Å². The van der Waals surface area contributed by atoms with Crippen LogP contribution in [0.5, 0.6) is 0 Å². The van der Waals surface area contributed by atoms with Crippen LogP contribution in [-0.4, -0.2) is 29.1 Å². The number of aromatic nitrogens is 6. The molecule has 0 amide bonds. The van der Waals surface area contributed by atoms with Crippen LogP contribution in [0, 0.1) is 0 Å². The number of fused-ring (bicyclic) bond motifs is 6. The van der Waals surface area contributed by atoms with Gasteiger partial charge in [-0.2, -0.15) is 26.3 Å². The van der Waals surface area contributed by atoms with Crippen molar-refractivity contribution in [3.63, 3.8) is 0 Å². The van der Waals surface area contributed by atoms with E-state index in [0.29, 0.717) is 89.2 Å². The van der Waals surface area contributed by atoms with E-state index in [1.165, 1.54) is 24.3 Å². The van der Waals surface area contributed by atoms with Gasteiger partial charge in [-0.3, -0.25) is 4.98 Å². The topological polar surface area (TPSA) is 61.4 Å². The van der Waals surface area contributed by atoms with Gasteiger partial charge in [0.15, 0.2) is 17.5 Å². The summed E-state index contributed by atoms with van der Waals surface area (Å²) in [5, 5.41) is 2.06. The maximum Gasteiger partial charge on any atom is 0.416 e. The van der Waals surface area contributed by atoms with Crippen LogP contribution >= 0.6 is 0 Å². The molecule has 0 saturated carbocycles. The van der Waals surface area contributed by atoms with Crippen LogP contribution in [0.25, 0.3) is 100 Å². The highest BCUT2D eigenvalue weighted by Gasteiger charge is 2.33. The Labute approximate surface area is 360 Å². The minimum atomic E-state index is -4.57. The molecule has 0 radical (unpaired) electrons. The Balaban J connectivity index is 1.22. The van der Waals surface area contributed by atoms with E-state index in [4.69, 9.17) is 15.0 Å². The number of hydrogen-bond acceptors (Lipinski definition) is 4. The van der Waals surface area contributed by atoms with E-state index >= 15 is 0 Å². The number of benzene rings is 7. The molecule has 7 aromatic carbocycles. The number of para-hydroxylation sites is 2. The van der Waals surface area contributed by atoms with Crippen molar-refractivity contribution in [2.45, 2.75) is 12.4 Å². The molecule has 6 nitrogen and oxygen atoms in total. The number of halogens is 6. The second kappa shape index (κ2) is 14.8. The first kappa shape index (κ1) is 38.8. The summed E-state index contributed by atoms with van der Waals surface area (Å²) < 4.78 is 88.9. The minimum Gasteiger partial charge on any atom is -0.309 e. The van der Waals surface area contributed by atoms with Gasteiger partial charge in [-0.05, 0) is 72.8 Å².